The van der Waals surface area contributed by atoms with Crippen LogP contribution < -0.4 is 4.74 Å². The number of hydrogen-bond acceptors (Lipinski definition) is 5. The lowest BCUT2D eigenvalue weighted by molar-refractivity contribution is 0.0696. The number of hydrogen-bond donors (Lipinski definition) is 1. The summed E-state index contributed by atoms with van der Waals surface area (Å²) in [5.41, 5.74) is -0.448. The minimum Gasteiger partial charge on any atom is -0.490 e. The normalized spacial score (nSPS) is 12.2. The van der Waals surface area contributed by atoms with Crippen LogP contribution >= 0.6 is 0 Å². The zero-order valence-electron chi connectivity index (χ0n) is 13.3. The molecule has 22 heavy (non-hydrogen) atoms. The summed E-state index contributed by atoms with van der Waals surface area (Å²) in [6.07, 6.45) is 0. The third-order valence-corrected chi connectivity index (χ3v) is 4.95. The number of methoxy groups -OCH3 is 1. The van der Waals surface area contributed by atoms with Gasteiger partial charge < -0.3 is 14.6 Å². The Balaban J connectivity index is 3.24. The Morgan fingerprint density at radius 2 is 1.86 bits per heavy atom. The van der Waals surface area contributed by atoms with E-state index in [1.165, 1.54) is 25.3 Å². The minimum atomic E-state index is -3.59. The average Bonchev–Trinajstić information content (AvgIpc) is 2.35. The first-order chi connectivity index (χ1) is 10.1. The summed E-state index contributed by atoms with van der Waals surface area (Å²) in [4.78, 5) is 11.0. The van der Waals surface area contributed by atoms with E-state index in [1.54, 1.807) is 0 Å². The molecule has 0 bridgehead atoms. The maximum Gasteiger partial charge on any atom is 0.335 e. The van der Waals surface area contributed by atoms with Gasteiger partial charge in [0.15, 0.2) is 9.84 Å². The van der Waals surface area contributed by atoms with Crippen molar-refractivity contribution in [2.45, 2.75) is 25.7 Å². The Labute approximate surface area is 131 Å². The van der Waals surface area contributed by atoms with Crippen molar-refractivity contribution in [1.29, 1.82) is 0 Å². The fourth-order valence-corrected chi connectivity index (χ4v) is 3.89. The molecule has 1 aromatic carbocycles. The second-order valence-corrected chi connectivity index (χ2v) is 8.09. The largest absolute Gasteiger partial charge is 0.490 e. The molecule has 1 N–H and O–H groups in total. The third-order valence-electron chi connectivity index (χ3n) is 2.69. The van der Waals surface area contributed by atoms with E-state index in [4.69, 9.17) is 14.6 Å². The van der Waals surface area contributed by atoms with Crippen molar-refractivity contribution in [3.63, 3.8) is 0 Å². The van der Waals surface area contributed by atoms with Crippen molar-refractivity contribution >= 4 is 15.8 Å². The molecule has 0 aliphatic heterocycles. The van der Waals surface area contributed by atoms with Crippen LogP contribution in [0.15, 0.2) is 23.1 Å². The van der Waals surface area contributed by atoms with Crippen LogP contribution in [0.5, 0.6) is 5.75 Å². The van der Waals surface area contributed by atoms with Crippen LogP contribution in [-0.4, -0.2) is 45.6 Å². The number of carbonyl (C=O) groups is 1. The highest BCUT2D eigenvalue weighted by atomic mass is 32.2. The van der Waals surface area contributed by atoms with E-state index in [9.17, 15) is 13.2 Å². The predicted molar refractivity (Wildman–Crippen MR) is 82.3 cm³/mol. The molecule has 0 aliphatic rings. The molecule has 1 aromatic rings. The summed E-state index contributed by atoms with van der Waals surface area (Å²) in [5.74, 6) is -1.16. The highest BCUT2D eigenvalue weighted by Crippen LogP contribution is 2.30. The van der Waals surface area contributed by atoms with Gasteiger partial charge in [-0.15, -0.1) is 0 Å². The molecule has 0 aliphatic carbocycles. The van der Waals surface area contributed by atoms with E-state index in [-0.39, 0.29) is 35.2 Å². The van der Waals surface area contributed by atoms with Crippen LogP contribution in [0.1, 0.15) is 31.1 Å². The summed E-state index contributed by atoms with van der Waals surface area (Å²) < 4.78 is 35.3. The molecule has 0 amide bonds. The van der Waals surface area contributed by atoms with E-state index in [0.717, 1.165) is 0 Å². The zero-order chi connectivity index (χ0) is 17.0. The van der Waals surface area contributed by atoms with Gasteiger partial charge in [-0.25, -0.2) is 13.2 Å². The SMILES string of the molecule is COCCOc1cc(C(=O)O)ccc1S(=O)(=O)CC(C)(C)C. The number of aromatic carboxylic acids is 1. The average molecular weight is 330 g/mol. The topological polar surface area (TPSA) is 89.9 Å². The first-order valence-electron chi connectivity index (χ1n) is 6.79. The van der Waals surface area contributed by atoms with Gasteiger partial charge in [-0.1, -0.05) is 20.8 Å². The standard InChI is InChI=1S/C15H22O6S/c1-15(2,3)10-22(18,19)13-6-5-11(14(16)17)9-12(13)21-8-7-20-4/h5-6,9H,7-8,10H2,1-4H3,(H,16,17). The molecule has 1 rings (SSSR count). The lowest BCUT2D eigenvalue weighted by atomic mass is 10.0. The van der Waals surface area contributed by atoms with E-state index in [0.29, 0.717) is 0 Å². The summed E-state index contributed by atoms with van der Waals surface area (Å²) >= 11 is 0. The highest BCUT2D eigenvalue weighted by Gasteiger charge is 2.27. The minimum absolute atomic E-state index is 0.00327. The fourth-order valence-electron chi connectivity index (χ4n) is 1.89. The molecule has 0 unspecified atom stereocenters. The maximum atomic E-state index is 12.5. The molecule has 0 atom stereocenters. The Hall–Kier alpha value is -1.60. The van der Waals surface area contributed by atoms with E-state index in [2.05, 4.69) is 0 Å². The van der Waals surface area contributed by atoms with Gasteiger partial charge in [0.1, 0.15) is 17.3 Å². The molecule has 7 heteroatoms. The molecule has 0 saturated heterocycles. The van der Waals surface area contributed by atoms with Gasteiger partial charge in [0, 0.05) is 7.11 Å². The number of carboxylic acids is 1. The van der Waals surface area contributed by atoms with Crippen LogP contribution in [-0.2, 0) is 14.6 Å². The van der Waals surface area contributed by atoms with Crippen LogP contribution in [0.3, 0.4) is 0 Å². The molecule has 0 saturated carbocycles. The lowest BCUT2D eigenvalue weighted by Gasteiger charge is -2.19. The zero-order valence-corrected chi connectivity index (χ0v) is 14.1. The summed E-state index contributed by atoms with van der Waals surface area (Å²) in [6.45, 7) is 5.87. The third kappa shape index (κ3) is 5.31. The van der Waals surface area contributed by atoms with E-state index >= 15 is 0 Å². The van der Waals surface area contributed by atoms with Crippen LogP contribution in [0.25, 0.3) is 0 Å². The van der Waals surface area contributed by atoms with Crippen LogP contribution in [0.2, 0.25) is 0 Å². The van der Waals surface area contributed by atoms with Gasteiger partial charge in [-0.2, -0.15) is 0 Å². The van der Waals surface area contributed by atoms with Crippen LogP contribution in [0, 0.1) is 5.41 Å². The maximum absolute atomic E-state index is 12.5. The van der Waals surface area contributed by atoms with Crippen molar-refractivity contribution in [3.8, 4) is 5.75 Å². The van der Waals surface area contributed by atoms with Gasteiger partial charge in [-0.3, -0.25) is 0 Å². The van der Waals surface area contributed by atoms with Crippen molar-refractivity contribution < 1.29 is 27.8 Å². The van der Waals surface area contributed by atoms with Crippen molar-refractivity contribution in [3.05, 3.63) is 23.8 Å². The summed E-state index contributed by atoms with van der Waals surface area (Å²) in [5, 5.41) is 9.03. The predicted octanol–water partition coefficient (Wildman–Crippen LogP) is 2.23. The second-order valence-electron chi connectivity index (χ2n) is 6.13. The Kier molecular flexibility index (Phi) is 5.96. The molecule has 0 radical (unpaired) electrons. The van der Waals surface area contributed by atoms with Crippen LogP contribution in [0.4, 0.5) is 0 Å². The van der Waals surface area contributed by atoms with E-state index < -0.39 is 21.2 Å². The Bertz CT molecular complexity index is 628. The molecule has 124 valence electrons. The van der Waals surface area contributed by atoms with Gasteiger partial charge in [-0.05, 0) is 23.6 Å². The van der Waals surface area contributed by atoms with E-state index in [1.807, 2.05) is 20.8 Å². The molecule has 0 heterocycles. The molecular weight excluding hydrogens is 308 g/mol. The molecule has 0 fully saturated rings. The smallest absolute Gasteiger partial charge is 0.335 e. The number of benzene rings is 1. The first kappa shape index (κ1) is 18.4. The monoisotopic (exact) mass is 330 g/mol. The van der Waals surface area contributed by atoms with Gasteiger partial charge in [0.25, 0.3) is 0 Å². The molecular formula is C15H22O6S. The van der Waals surface area contributed by atoms with Gasteiger partial charge in [0.05, 0.1) is 17.9 Å². The number of sulfone groups is 1. The fraction of sp³-hybridized carbons (Fsp3) is 0.533. The van der Waals surface area contributed by atoms with Gasteiger partial charge in [0.2, 0.25) is 0 Å². The summed E-state index contributed by atoms with van der Waals surface area (Å²) in [6, 6.07) is 3.78. The first-order valence-corrected chi connectivity index (χ1v) is 8.44. The van der Waals surface area contributed by atoms with Gasteiger partial charge >= 0.3 is 5.97 Å². The Morgan fingerprint density at radius 1 is 1.23 bits per heavy atom. The molecule has 0 spiro atoms. The highest BCUT2D eigenvalue weighted by molar-refractivity contribution is 7.91. The quantitative estimate of drug-likeness (QED) is 0.771. The van der Waals surface area contributed by atoms with Crippen molar-refractivity contribution in [2.75, 3.05) is 26.1 Å². The molecule has 6 nitrogen and oxygen atoms in total. The molecule has 0 aromatic heterocycles. The summed E-state index contributed by atoms with van der Waals surface area (Å²) in [7, 11) is -2.09. The number of ether oxygens (including phenoxy) is 2. The van der Waals surface area contributed by atoms with Crippen molar-refractivity contribution in [1.82, 2.24) is 0 Å². The lowest BCUT2D eigenvalue weighted by Crippen LogP contribution is -2.22. The number of carboxylic acid groups (broad SMARTS) is 1. The number of rotatable bonds is 7. The second kappa shape index (κ2) is 7.11. The Morgan fingerprint density at radius 3 is 2.36 bits per heavy atom. The van der Waals surface area contributed by atoms with Crippen molar-refractivity contribution in [2.24, 2.45) is 5.41 Å².